The molecule has 0 spiro atoms. The van der Waals surface area contributed by atoms with Crippen LogP contribution in [0.3, 0.4) is 0 Å². The fourth-order valence-corrected chi connectivity index (χ4v) is 6.38. The molecule has 0 bridgehead atoms. The van der Waals surface area contributed by atoms with Crippen molar-refractivity contribution in [2.45, 2.75) is 45.4 Å². The highest BCUT2D eigenvalue weighted by Crippen LogP contribution is 2.40. The molecule has 3 aromatic rings. The summed E-state index contributed by atoms with van der Waals surface area (Å²) in [4.78, 5) is 54.5. The van der Waals surface area contributed by atoms with Crippen LogP contribution in [0, 0.1) is 19.8 Å². The number of nitrogens with zero attached hydrogens (tertiary/aromatic N) is 5. The molecule has 4 N–H and O–H groups in total. The van der Waals surface area contributed by atoms with Gasteiger partial charge < -0.3 is 15.5 Å². The van der Waals surface area contributed by atoms with Crippen LogP contribution in [0.25, 0.3) is 0 Å². The van der Waals surface area contributed by atoms with Crippen molar-refractivity contribution in [2.75, 3.05) is 23.7 Å². The smallest absolute Gasteiger partial charge is 0.313 e. The average molecular weight is 630 g/mol. The summed E-state index contributed by atoms with van der Waals surface area (Å²) in [6, 6.07) is 16.7. The molecule has 1 saturated heterocycles. The highest BCUT2D eigenvalue weighted by Gasteiger charge is 2.46. The van der Waals surface area contributed by atoms with Crippen molar-refractivity contribution in [3.05, 3.63) is 112 Å². The Bertz CT molecular complexity index is 1910. The highest BCUT2D eigenvalue weighted by atomic mass is 16.2. The summed E-state index contributed by atoms with van der Waals surface area (Å²) < 4.78 is -0.181. The number of aliphatic imine (C=N–C) groups is 2. The fraction of sp³-hybridized carbons (Fsp3) is 0.278. The first-order chi connectivity index (χ1) is 22.7. The van der Waals surface area contributed by atoms with Gasteiger partial charge in [0.1, 0.15) is 17.7 Å². The number of carbonyl (C=O) groups excluding carboxylic acids is 3. The summed E-state index contributed by atoms with van der Waals surface area (Å²) in [6.07, 6.45) is 10.7. The monoisotopic (exact) mass is 629 g/mol. The fourth-order valence-electron chi connectivity index (χ4n) is 6.38. The number of piperidine rings is 1. The number of likely N-dealkylation sites (tertiary alicyclic amines) is 1. The molecule has 1 aromatic heterocycles. The molecule has 2 aromatic carbocycles. The van der Waals surface area contributed by atoms with Gasteiger partial charge in [0.15, 0.2) is 0 Å². The number of carbonyl (C=O) groups is 3. The van der Waals surface area contributed by atoms with Gasteiger partial charge in [0, 0.05) is 36.5 Å². The van der Waals surface area contributed by atoms with E-state index < -0.39 is 11.8 Å². The number of nitrogens with two attached hydrogens (primary N) is 1. The summed E-state index contributed by atoms with van der Waals surface area (Å²) in [6.45, 7) is 4.78. The van der Waals surface area contributed by atoms with E-state index >= 15 is 0 Å². The Balaban J connectivity index is 1.08. The number of allylic oxidation sites excluding steroid dienone is 1. The largest absolute Gasteiger partial charge is 0.334 e. The maximum absolute atomic E-state index is 13.3. The first-order valence-electron chi connectivity index (χ1n) is 16.0. The molecule has 11 nitrogen and oxygen atoms in total. The lowest BCUT2D eigenvalue weighted by Crippen LogP contribution is -2.53. The third kappa shape index (κ3) is 6.02. The number of hydrogen-bond acceptors (Lipinski definition) is 7. The minimum Gasteiger partial charge on any atom is -0.334 e. The molecule has 2 fully saturated rings. The molecule has 4 heterocycles. The van der Waals surface area contributed by atoms with Gasteiger partial charge in [-0.3, -0.25) is 19.4 Å². The molecule has 3 aliphatic heterocycles. The van der Waals surface area contributed by atoms with E-state index in [1.807, 2.05) is 50.2 Å². The van der Waals surface area contributed by atoms with Crippen molar-refractivity contribution in [1.29, 1.82) is 0 Å². The maximum Gasteiger partial charge on any atom is 0.313 e. The van der Waals surface area contributed by atoms with E-state index in [1.54, 1.807) is 47.9 Å². The van der Waals surface area contributed by atoms with E-state index in [0.29, 0.717) is 47.6 Å². The summed E-state index contributed by atoms with van der Waals surface area (Å²) in [5.74, 6) is 7.03. The third-order valence-electron chi connectivity index (χ3n) is 9.36. The summed E-state index contributed by atoms with van der Waals surface area (Å²) in [7, 11) is 0. The van der Waals surface area contributed by atoms with E-state index in [9.17, 15) is 14.4 Å². The molecule has 1 aliphatic carbocycles. The van der Waals surface area contributed by atoms with Gasteiger partial charge in [0.25, 0.3) is 11.7 Å². The second-order valence-electron chi connectivity index (χ2n) is 12.7. The lowest BCUT2D eigenvalue weighted by Gasteiger charge is -2.32. The Hall–Kier alpha value is -5.26. The number of nitrogens with one attached hydrogen (secondary N) is 2. The SMILES string of the molecule is Cc1ccc(NC(=O)C(=O)N2CCCC(C3=C4C=NC=C[N+]4(N)C(c4ccc(C(=O)Nc5cc(C6CC6)ccn5)cc4)=N3)C2)cc1C. The number of hydrogen-bond donors (Lipinski definition) is 3. The molecule has 4 aliphatic rings. The predicted molar refractivity (Wildman–Crippen MR) is 180 cm³/mol. The van der Waals surface area contributed by atoms with Crippen molar-refractivity contribution in [1.82, 2.24) is 9.88 Å². The molecule has 1 saturated carbocycles. The van der Waals surface area contributed by atoms with Crippen LogP contribution in [0.15, 0.2) is 94.6 Å². The maximum atomic E-state index is 13.3. The number of benzene rings is 2. The zero-order valence-electron chi connectivity index (χ0n) is 26.4. The van der Waals surface area contributed by atoms with Gasteiger partial charge in [-0.2, -0.15) is 10.8 Å². The van der Waals surface area contributed by atoms with E-state index in [1.165, 1.54) is 18.4 Å². The van der Waals surface area contributed by atoms with Crippen LogP contribution < -0.4 is 16.5 Å². The molecular formula is C36H37N8O3+. The molecule has 2 unspecified atom stereocenters. The number of pyridine rings is 1. The molecule has 2 atom stereocenters. The summed E-state index contributed by atoms with van der Waals surface area (Å²) in [5, 5.41) is 5.66. The predicted octanol–water partition coefficient (Wildman–Crippen LogP) is 4.92. The molecule has 3 amide bonds. The average Bonchev–Trinajstić information content (AvgIpc) is 3.89. The van der Waals surface area contributed by atoms with Crippen LogP contribution >= 0.6 is 0 Å². The highest BCUT2D eigenvalue weighted by molar-refractivity contribution is 6.39. The summed E-state index contributed by atoms with van der Waals surface area (Å²) in [5.41, 5.74) is 6.63. The van der Waals surface area contributed by atoms with Gasteiger partial charge in [-0.15, -0.1) is 4.59 Å². The number of quaternary nitrogens is 1. The molecule has 11 heteroatoms. The van der Waals surface area contributed by atoms with Crippen LogP contribution in [-0.2, 0) is 9.59 Å². The Labute approximate surface area is 273 Å². The summed E-state index contributed by atoms with van der Waals surface area (Å²) >= 11 is 0. The van der Waals surface area contributed by atoms with Gasteiger partial charge in [-0.25, -0.2) is 4.98 Å². The second kappa shape index (κ2) is 12.2. The van der Waals surface area contributed by atoms with Gasteiger partial charge in [-0.1, -0.05) is 6.07 Å². The number of amidine groups is 1. The lowest BCUT2D eigenvalue weighted by atomic mass is 9.93. The number of amides is 3. The number of anilines is 2. The van der Waals surface area contributed by atoms with Crippen molar-refractivity contribution in [2.24, 2.45) is 21.7 Å². The van der Waals surface area contributed by atoms with Gasteiger partial charge in [-0.05, 0) is 111 Å². The number of rotatable bonds is 6. The normalized spacial score (nSPS) is 21.7. The molecule has 7 rings (SSSR count). The lowest BCUT2D eigenvalue weighted by molar-refractivity contribution is -0.750. The molecule has 238 valence electrons. The Morgan fingerprint density at radius 1 is 0.936 bits per heavy atom. The minimum atomic E-state index is -0.663. The van der Waals surface area contributed by atoms with Crippen LogP contribution in [-0.4, -0.2) is 57.3 Å². The van der Waals surface area contributed by atoms with E-state index in [-0.39, 0.29) is 16.4 Å². The van der Waals surface area contributed by atoms with Crippen LogP contribution in [0.2, 0.25) is 0 Å². The Kier molecular flexibility index (Phi) is 7.86. The van der Waals surface area contributed by atoms with E-state index in [4.69, 9.17) is 10.8 Å². The Morgan fingerprint density at radius 2 is 1.74 bits per heavy atom. The first-order valence-corrected chi connectivity index (χ1v) is 16.0. The Morgan fingerprint density at radius 3 is 2.51 bits per heavy atom. The van der Waals surface area contributed by atoms with Crippen LogP contribution in [0.4, 0.5) is 11.5 Å². The number of fused-ring (bicyclic) bond motifs is 1. The van der Waals surface area contributed by atoms with Crippen molar-refractivity contribution >= 4 is 41.3 Å². The van der Waals surface area contributed by atoms with Crippen molar-refractivity contribution in [3.8, 4) is 0 Å². The zero-order valence-corrected chi connectivity index (χ0v) is 26.4. The van der Waals surface area contributed by atoms with Gasteiger partial charge in [0.05, 0.1) is 18.0 Å². The van der Waals surface area contributed by atoms with Crippen molar-refractivity contribution < 1.29 is 19.0 Å². The molecular weight excluding hydrogens is 592 g/mol. The van der Waals surface area contributed by atoms with E-state index in [0.717, 1.165) is 35.2 Å². The zero-order chi connectivity index (χ0) is 32.7. The standard InChI is InChI=1S/C36H36N8O3/c1-22-5-12-29(18-23(22)2)40-35(46)36(47)43-16-3-4-28(21-43)32-30-20-38-15-17-44(30,37)33(42-32)25-8-10-26(11-9-25)34(45)41-31-19-27(13-14-39-31)24-6-7-24/h5,8-15,17-20,24,28H,3-4,6-7,16,21,37H2,1-2H3,(H-,39,40,41,45,46)/p+1. The van der Waals surface area contributed by atoms with Gasteiger partial charge >= 0.3 is 11.8 Å². The van der Waals surface area contributed by atoms with Gasteiger partial charge in [0.2, 0.25) is 5.70 Å². The van der Waals surface area contributed by atoms with Crippen LogP contribution in [0.1, 0.15) is 64.2 Å². The molecule has 0 radical (unpaired) electrons. The first kappa shape index (κ1) is 30.4. The van der Waals surface area contributed by atoms with Crippen molar-refractivity contribution in [3.63, 3.8) is 0 Å². The van der Waals surface area contributed by atoms with E-state index in [2.05, 4.69) is 20.6 Å². The quantitative estimate of drug-likeness (QED) is 0.202. The second-order valence-corrected chi connectivity index (χ2v) is 12.7. The number of aryl methyl sites for hydroxylation is 2. The number of aromatic nitrogens is 1. The molecule has 47 heavy (non-hydrogen) atoms. The third-order valence-corrected chi connectivity index (χ3v) is 9.36. The minimum absolute atomic E-state index is 0.141. The topological polar surface area (TPSA) is 142 Å². The van der Waals surface area contributed by atoms with Crippen LogP contribution in [0.5, 0.6) is 0 Å².